The molecule has 1 aliphatic heterocycles. The van der Waals surface area contributed by atoms with Crippen LogP contribution in [0.25, 0.3) is 0 Å². The molecule has 2 atom stereocenters. The van der Waals surface area contributed by atoms with E-state index >= 15 is 0 Å². The van der Waals surface area contributed by atoms with Gasteiger partial charge in [0.1, 0.15) is 0 Å². The van der Waals surface area contributed by atoms with E-state index in [1.165, 1.54) is 12.8 Å². The average Bonchev–Trinajstić information content (AvgIpc) is 2.20. The van der Waals surface area contributed by atoms with Crippen molar-refractivity contribution in [3.8, 4) is 0 Å². The van der Waals surface area contributed by atoms with Gasteiger partial charge in [-0.1, -0.05) is 12.2 Å². The van der Waals surface area contributed by atoms with Crippen LogP contribution in [0.1, 0.15) is 40.5 Å². The summed E-state index contributed by atoms with van der Waals surface area (Å²) in [5.74, 6) is 1.43. The lowest BCUT2D eigenvalue weighted by molar-refractivity contribution is -0.0799. The van der Waals surface area contributed by atoms with Crippen LogP contribution in [-0.4, -0.2) is 11.2 Å². The van der Waals surface area contributed by atoms with Crippen LogP contribution in [0.2, 0.25) is 0 Å². The molecule has 0 radical (unpaired) electrons. The lowest BCUT2D eigenvalue weighted by Crippen LogP contribution is -2.31. The highest BCUT2D eigenvalue weighted by molar-refractivity contribution is 5.09. The quantitative estimate of drug-likeness (QED) is 0.520. The predicted molar refractivity (Wildman–Crippen MR) is 54.6 cm³/mol. The Morgan fingerprint density at radius 1 is 0.923 bits per heavy atom. The molecule has 2 rings (SSSR count). The van der Waals surface area contributed by atoms with Gasteiger partial charge in [0.15, 0.2) is 0 Å². The molecule has 0 saturated carbocycles. The molecule has 0 N–H and O–H groups in total. The van der Waals surface area contributed by atoms with Crippen LogP contribution in [0.5, 0.6) is 0 Å². The second-order valence-corrected chi connectivity index (χ2v) is 5.46. The third-order valence-electron chi connectivity index (χ3n) is 3.74. The minimum atomic E-state index is 0.0684. The van der Waals surface area contributed by atoms with E-state index in [4.69, 9.17) is 4.74 Å². The predicted octanol–water partition coefficient (Wildman–Crippen LogP) is 3.16. The third-order valence-corrected chi connectivity index (χ3v) is 3.74. The first kappa shape index (κ1) is 9.26. The van der Waals surface area contributed by atoms with Gasteiger partial charge in [-0.15, -0.1) is 0 Å². The minimum absolute atomic E-state index is 0.0684. The van der Waals surface area contributed by atoms with Gasteiger partial charge in [-0.25, -0.2) is 0 Å². The molecule has 74 valence electrons. The molecule has 0 aromatic carbocycles. The van der Waals surface area contributed by atoms with Crippen LogP contribution in [0, 0.1) is 11.8 Å². The molecule has 0 spiro atoms. The van der Waals surface area contributed by atoms with Crippen molar-refractivity contribution in [2.24, 2.45) is 11.8 Å². The molecule has 2 aliphatic rings. The fraction of sp³-hybridized carbons (Fsp3) is 0.833. The zero-order valence-electron chi connectivity index (χ0n) is 9.13. The van der Waals surface area contributed by atoms with Crippen LogP contribution >= 0.6 is 0 Å². The Labute approximate surface area is 81.2 Å². The number of hydrogen-bond acceptors (Lipinski definition) is 1. The van der Waals surface area contributed by atoms with Gasteiger partial charge in [-0.3, -0.25) is 0 Å². The highest BCUT2D eigenvalue weighted by Crippen LogP contribution is 2.51. The number of rotatable bonds is 0. The van der Waals surface area contributed by atoms with Crippen molar-refractivity contribution in [3.05, 3.63) is 12.2 Å². The molecule has 1 aliphatic carbocycles. The molecule has 1 heteroatoms. The Morgan fingerprint density at radius 2 is 1.31 bits per heavy atom. The number of hydrogen-bond donors (Lipinski definition) is 0. The summed E-state index contributed by atoms with van der Waals surface area (Å²) in [4.78, 5) is 0. The van der Waals surface area contributed by atoms with Gasteiger partial charge >= 0.3 is 0 Å². The third kappa shape index (κ3) is 1.34. The van der Waals surface area contributed by atoms with E-state index in [0.717, 1.165) is 0 Å². The van der Waals surface area contributed by atoms with Crippen molar-refractivity contribution >= 4 is 0 Å². The topological polar surface area (TPSA) is 9.23 Å². The van der Waals surface area contributed by atoms with E-state index in [1.54, 1.807) is 0 Å². The number of fused-ring (bicyclic) bond motifs is 1. The van der Waals surface area contributed by atoms with Gasteiger partial charge in [-0.2, -0.15) is 0 Å². The van der Waals surface area contributed by atoms with Gasteiger partial charge in [0.05, 0.1) is 11.2 Å². The normalized spacial score (nSPS) is 40.3. The van der Waals surface area contributed by atoms with Crippen molar-refractivity contribution < 1.29 is 4.74 Å². The lowest BCUT2D eigenvalue weighted by atomic mass is 9.71. The first-order valence-electron chi connectivity index (χ1n) is 5.29. The van der Waals surface area contributed by atoms with Gasteiger partial charge in [0.25, 0.3) is 0 Å². The monoisotopic (exact) mass is 180 g/mol. The second-order valence-electron chi connectivity index (χ2n) is 5.46. The maximum Gasteiger partial charge on any atom is 0.0668 e. The average molecular weight is 180 g/mol. The molecule has 13 heavy (non-hydrogen) atoms. The maximum absolute atomic E-state index is 6.14. The van der Waals surface area contributed by atoms with Crippen molar-refractivity contribution in [2.45, 2.75) is 51.7 Å². The van der Waals surface area contributed by atoms with Gasteiger partial charge in [-0.05, 0) is 52.4 Å². The maximum atomic E-state index is 6.14. The number of ether oxygens (including phenoxy) is 1. The first-order chi connectivity index (χ1) is 5.93. The highest BCUT2D eigenvalue weighted by Gasteiger charge is 2.52. The lowest BCUT2D eigenvalue weighted by Gasteiger charge is -2.30. The first-order valence-corrected chi connectivity index (χ1v) is 5.29. The Kier molecular flexibility index (Phi) is 1.85. The van der Waals surface area contributed by atoms with E-state index < -0.39 is 0 Å². The van der Waals surface area contributed by atoms with Crippen molar-refractivity contribution in [1.29, 1.82) is 0 Å². The van der Waals surface area contributed by atoms with Gasteiger partial charge in [0, 0.05) is 0 Å². The van der Waals surface area contributed by atoms with Gasteiger partial charge < -0.3 is 4.74 Å². The zero-order chi connectivity index (χ0) is 9.69. The van der Waals surface area contributed by atoms with E-state index in [9.17, 15) is 0 Å². The highest BCUT2D eigenvalue weighted by atomic mass is 16.5. The summed E-state index contributed by atoms with van der Waals surface area (Å²) in [7, 11) is 0. The fourth-order valence-electron chi connectivity index (χ4n) is 3.18. The standard InChI is InChI=1S/C12H20O/c1-11(2)9-7-5-6-8-10(9)12(3,4)13-11/h5-6,9-10H,7-8H2,1-4H3. The molecule has 0 amide bonds. The van der Waals surface area contributed by atoms with Crippen LogP contribution < -0.4 is 0 Å². The van der Waals surface area contributed by atoms with Crippen LogP contribution in [0.4, 0.5) is 0 Å². The van der Waals surface area contributed by atoms with Crippen LogP contribution in [0.15, 0.2) is 12.2 Å². The Bertz CT molecular complexity index is 214. The second kappa shape index (κ2) is 2.60. The summed E-state index contributed by atoms with van der Waals surface area (Å²) >= 11 is 0. The van der Waals surface area contributed by atoms with E-state index in [-0.39, 0.29) is 11.2 Å². The SMILES string of the molecule is CC1(C)OC(C)(C)C2CC=CCC21. The largest absolute Gasteiger partial charge is 0.369 e. The molecule has 1 fully saturated rings. The molecule has 0 aromatic rings. The molecule has 2 unspecified atom stereocenters. The van der Waals surface area contributed by atoms with E-state index in [0.29, 0.717) is 11.8 Å². The van der Waals surface area contributed by atoms with Crippen molar-refractivity contribution in [3.63, 3.8) is 0 Å². The van der Waals surface area contributed by atoms with Crippen LogP contribution in [-0.2, 0) is 4.74 Å². The summed E-state index contributed by atoms with van der Waals surface area (Å²) in [6.07, 6.45) is 7.02. The molecular formula is C12H20O. The van der Waals surface area contributed by atoms with Crippen molar-refractivity contribution in [1.82, 2.24) is 0 Å². The van der Waals surface area contributed by atoms with Gasteiger partial charge in [0.2, 0.25) is 0 Å². The smallest absolute Gasteiger partial charge is 0.0668 e. The summed E-state index contributed by atoms with van der Waals surface area (Å²) in [5.41, 5.74) is 0.137. The Hall–Kier alpha value is -0.300. The van der Waals surface area contributed by atoms with Crippen LogP contribution in [0.3, 0.4) is 0 Å². The Morgan fingerprint density at radius 3 is 1.69 bits per heavy atom. The zero-order valence-corrected chi connectivity index (χ0v) is 9.13. The van der Waals surface area contributed by atoms with Crippen molar-refractivity contribution in [2.75, 3.05) is 0 Å². The summed E-state index contributed by atoms with van der Waals surface area (Å²) in [5, 5.41) is 0. The van der Waals surface area contributed by atoms with E-state index in [1.807, 2.05) is 0 Å². The molecule has 0 bridgehead atoms. The summed E-state index contributed by atoms with van der Waals surface area (Å²) in [6, 6.07) is 0. The molecular weight excluding hydrogens is 160 g/mol. The summed E-state index contributed by atoms with van der Waals surface area (Å²) in [6.45, 7) is 8.94. The minimum Gasteiger partial charge on any atom is -0.369 e. The Balaban J connectivity index is 2.31. The number of allylic oxidation sites excluding steroid dienone is 2. The van der Waals surface area contributed by atoms with E-state index in [2.05, 4.69) is 39.8 Å². The summed E-state index contributed by atoms with van der Waals surface area (Å²) < 4.78 is 6.14. The molecule has 0 aromatic heterocycles. The molecule has 1 heterocycles. The molecule has 1 saturated heterocycles. The molecule has 1 nitrogen and oxygen atoms in total. The fourth-order valence-corrected chi connectivity index (χ4v) is 3.18.